The van der Waals surface area contributed by atoms with Crippen molar-refractivity contribution in [2.75, 3.05) is 19.0 Å². The molecular formula is C35H35ClN8O4. The Kier molecular flexibility index (Phi) is 8.22. The topological polar surface area (TPSA) is 145 Å². The summed E-state index contributed by atoms with van der Waals surface area (Å²) in [6.07, 6.45) is 4.52. The molecule has 1 aliphatic carbocycles. The van der Waals surface area contributed by atoms with E-state index < -0.39 is 11.2 Å². The van der Waals surface area contributed by atoms with Crippen LogP contribution in [0, 0.1) is 6.92 Å². The van der Waals surface area contributed by atoms with Gasteiger partial charge < -0.3 is 20.7 Å². The van der Waals surface area contributed by atoms with Crippen molar-refractivity contribution in [3.05, 3.63) is 91.3 Å². The maximum atomic E-state index is 13.1. The third-order valence-corrected chi connectivity index (χ3v) is 9.85. The number of halogens is 1. The van der Waals surface area contributed by atoms with E-state index in [4.69, 9.17) is 21.3 Å². The fourth-order valence-corrected chi connectivity index (χ4v) is 7.16. The van der Waals surface area contributed by atoms with E-state index in [-0.39, 0.29) is 29.0 Å². The van der Waals surface area contributed by atoms with Gasteiger partial charge in [-0.25, -0.2) is 19.7 Å². The zero-order valence-corrected chi connectivity index (χ0v) is 27.8. The van der Waals surface area contributed by atoms with Crippen LogP contribution in [0.3, 0.4) is 0 Å². The van der Waals surface area contributed by atoms with Crippen molar-refractivity contribution in [1.29, 1.82) is 0 Å². The standard InChI is InChI=1S/C35H35ClN8O4/c1-18-21(7-6-10-24(18)41-31-29-32(39-17-38-31)43(2)35(47)44(3)34(29)46)22-8-5-9-23(30(22)36)26-15-19-11-13-25(28(19)33(42-26)48-4)37-16-20-12-14-27(45)40-20/h5-10,15,17,20,25,37H,11-14,16H2,1-4H3,(H,40,45)(H,38,39,41)/t20-,25?/m1/s1. The molecule has 3 N–H and O–H groups in total. The summed E-state index contributed by atoms with van der Waals surface area (Å²) in [4.78, 5) is 50.7. The van der Waals surface area contributed by atoms with Crippen molar-refractivity contribution >= 4 is 40.0 Å². The summed E-state index contributed by atoms with van der Waals surface area (Å²) in [5.41, 5.74) is 6.33. The molecule has 0 radical (unpaired) electrons. The molecule has 1 saturated heterocycles. The second-order valence-electron chi connectivity index (χ2n) is 12.3. The van der Waals surface area contributed by atoms with E-state index in [0.29, 0.717) is 29.7 Å². The first-order valence-electron chi connectivity index (χ1n) is 15.8. The van der Waals surface area contributed by atoms with E-state index in [9.17, 15) is 14.4 Å². The molecule has 13 heteroatoms. The number of fused-ring (bicyclic) bond motifs is 2. The third kappa shape index (κ3) is 5.40. The van der Waals surface area contributed by atoms with E-state index in [1.165, 1.54) is 17.9 Å². The SMILES string of the molecule is COc1nc(-c2cccc(-c3cccc(Nc4ncnc5c4c(=O)n(C)c(=O)n5C)c3C)c2Cl)cc2c1C(NC[C@H]1CCC(=O)N1)CC2. The zero-order valence-electron chi connectivity index (χ0n) is 27.1. The number of nitrogens with zero attached hydrogens (tertiary/aromatic N) is 5. The minimum Gasteiger partial charge on any atom is -0.481 e. The molecule has 2 aromatic carbocycles. The largest absolute Gasteiger partial charge is 0.481 e. The fourth-order valence-electron chi connectivity index (χ4n) is 6.84. The molecule has 1 unspecified atom stereocenters. The van der Waals surface area contributed by atoms with Gasteiger partial charge >= 0.3 is 5.69 Å². The van der Waals surface area contributed by atoms with Crippen LogP contribution in [0.4, 0.5) is 11.5 Å². The number of carbonyl (C=O) groups excluding carboxylic acids is 1. The smallest absolute Gasteiger partial charge is 0.332 e. The van der Waals surface area contributed by atoms with Gasteiger partial charge in [-0.05, 0) is 55.0 Å². The maximum absolute atomic E-state index is 13.1. The van der Waals surface area contributed by atoms with Crippen molar-refractivity contribution in [3.8, 4) is 28.3 Å². The molecule has 0 spiro atoms. The minimum atomic E-state index is -0.484. The number of aromatic nitrogens is 5. The Labute approximate surface area is 281 Å². The summed E-state index contributed by atoms with van der Waals surface area (Å²) in [5.74, 6) is 0.972. The number of benzene rings is 2. The van der Waals surface area contributed by atoms with E-state index in [1.807, 2.05) is 43.3 Å². The van der Waals surface area contributed by atoms with Gasteiger partial charge in [-0.2, -0.15) is 0 Å². The number of hydrogen-bond donors (Lipinski definition) is 3. The summed E-state index contributed by atoms with van der Waals surface area (Å²) in [7, 11) is 4.64. The Balaban J connectivity index is 1.22. The Morgan fingerprint density at radius 2 is 1.77 bits per heavy atom. The fraction of sp³-hybridized carbons (Fsp3) is 0.314. The first-order valence-corrected chi connectivity index (χ1v) is 16.2. The van der Waals surface area contributed by atoms with E-state index in [1.54, 1.807) is 14.2 Å². The lowest BCUT2D eigenvalue weighted by Crippen LogP contribution is -2.37. The molecule has 4 heterocycles. The second kappa shape index (κ2) is 12.5. The highest BCUT2D eigenvalue weighted by Gasteiger charge is 2.30. The van der Waals surface area contributed by atoms with Crippen molar-refractivity contribution in [1.82, 2.24) is 34.7 Å². The van der Waals surface area contributed by atoms with E-state index >= 15 is 0 Å². The number of pyridine rings is 1. The molecule has 1 aliphatic heterocycles. The highest BCUT2D eigenvalue weighted by atomic mass is 35.5. The lowest BCUT2D eigenvalue weighted by molar-refractivity contribution is -0.119. The molecular weight excluding hydrogens is 632 g/mol. The Morgan fingerprint density at radius 3 is 2.54 bits per heavy atom. The van der Waals surface area contributed by atoms with E-state index in [2.05, 4.69) is 32.0 Å². The monoisotopic (exact) mass is 666 g/mol. The molecule has 1 amide bonds. The Morgan fingerprint density at radius 1 is 1.00 bits per heavy atom. The molecule has 5 aromatic rings. The number of aryl methyl sites for hydroxylation is 2. The summed E-state index contributed by atoms with van der Waals surface area (Å²) >= 11 is 7.18. The predicted octanol–water partition coefficient (Wildman–Crippen LogP) is 4.33. The molecule has 0 saturated carbocycles. The van der Waals surface area contributed by atoms with Gasteiger partial charge in [0, 0.05) is 61.5 Å². The Hall–Kier alpha value is -5.07. The number of carbonyl (C=O) groups is 1. The van der Waals surface area contributed by atoms with Crippen LogP contribution in [-0.4, -0.2) is 49.7 Å². The molecule has 2 aliphatic rings. The van der Waals surface area contributed by atoms with E-state index in [0.717, 1.165) is 68.6 Å². The van der Waals surface area contributed by atoms with Crippen LogP contribution in [0.2, 0.25) is 5.02 Å². The van der Waals surface area contributed by atoms with Gasteiger partial charge in [-0.3, -0.25) is 18.7 Å². The second-order valence-corrected chi connectivity index (χ2v) is 12.7. The number of anilines is 2. The average Bonchev–Trinajstić information content (AvgIpc) is 3.71. The van der Waals surface area contributed by atoms with Crippen molar-refractivity contribution < 1.29 is 9.53 Å². The summed E-state index contributed by atoms with van der Waals surface area (Å²) in [6, 6.07) is 14.0. The highest BCUT2D eigenvalue weighted by molar-refractivity contribution is 6.36. The number of hydrogen-bond acceptors (Lipinski definition) is 9. The third-order valence-electron chi connectivity index (χ3n) is 9.44. The van der Waals surface area contributed by atoms with Crippen molar-refractivity contribution in [2.45, 2.75) is 44.7 Å². The number of amides is 1. The lowest BCUT2D eigenvalue weighted by Gasteiger charge is -2.20. The van der Waals surface area contributed by atoms with Gasteiger partial charge in [0.05, 0.1) is 17.8 Å². The van der Waals surface area contributed by atoms with Gasteiger partial charge in [0.15, 0.2) is 5.65 Å². The molecule has 2 atom stereocenters. The van der Waals surface area contributed by atoms with Gasteiger partial charge in [-0.1, -0.05) is 41.9 Å². The summed E-state index contributed by atoms with van der Waals surface area (Å²) in [5, 5.41) is 10.7. The molecule has 12 nitrogen and oxygen atoms in total. The molecule has 7 rings (SSSR count). The number of methoxy groups -OCH3 is 1. The molecule has 246 valence electrons. The first-order chi connectivity index (χ1) is 23.2. The average molecular weight is 667 g/mol. The van der Waals surface area contributed by atoms with Gasteiger partial charge in [0.1, 0.15) is 17.5 Å². The van der Waals surface area contributed by atoms with Gasteiger partial charge in [0.2, 0.25) is 11.8 Å². The predicted molar refractivity (Wildman–Crippen MR) is 185 cm³/mol. The molecule has 1 fully saturated rings. The van der Waals surface area contributed by atoms with Crippen LogP contribution in [-0.2, 0) is 25.3 Å². The first kappa shape index (κ1) is 31.5. The van der Waals surface area contributed by atoms with Crippen LogP contribution in [0.5, 0.6) is 5.88 Å². The molecule has 48 heavy (non-hydrogen) atoms. The number of ether oxygens (including phenoxy) is 1. The molecule has 3 aromatic heterocycles. The van der Waals surface area contributed by atoms with Gasteiger partial charge in [-0.15, -0.1) is 0 Å². The van der Waals surface area contributed by atoms with Crippen LogP contribution < -0.4 is 31.9 Å². The van der Waals surface area contributed by atoms with Crippen molar-refractivity contribution in [2.24, 2.45) is 14.1 Å². The zero-order chi connectivity index (χ0) is 33.7. The van der Waals surface area contributed by atoms with Gasteiger partial charge in [0.25, 0.3) is 5.56 Å². The minimum absolute atomic E-state index is 0.0887. The Bertz CT molecular complexity index is 2230. The maximum Gasteiger partial charge on any atom is 0.332 e. The molecule has 0 bridgehead atoms. The van der Waals surface area contributed by atoms with Crippen LogP contribution in [0.15, 0.2) is 58.4 Å². The number of nitrogens with one attached hydrogen (secondary N) is 3. The quantitative estimate of drug-likeness (QED) is 0.220. The van der Waals surface area contributed by atoms with Crippen LogP contribution in [0.1, 0.15) is 42.0 Å². The lowest BCUT2D eigenvalue weighted by atomic mass is 9.96. The van der Waals surface area contributed by atoms with Crippen LogP contribution in [0.25, 0.3) is 33.4 Å². The van der Waals surface area contributed by atoms with Crippen LogP contribution >= 0.6 is 11.6 Å². The van der Waals surface area contributed by atoms with Crippen molar-refractivity contribution in [3.63, 3.8) is 0 Å². The summed E-state index contributed by atoms with van der Waals surface area (Å²) < 4.78 is 8.19. The number of rotatable bonds is 8. The highest BCUT2D eigenvalue weighted by Crippen LogP contribution is 2.43. The summed E-state index contributed by atoms with van der Waals surface area (Å²) in [6.45, 7) is 2.67. The normalized spacial score (nSPS) is 17.1.